The van der Waals surface area contributed by atoms with Crippen molar-refractivity contribution in [2.45, 2.75) is 0 Å². The third-order valence-electron chi connectivity index (χ3n) is 1.22. The first-order valence-corrected chi connectivity index (χ1v) is 2.81. The summed E-state index contributed by atoms with van der Waals surface area (Å²) in [6.45, 7) is 3.61. The van der Waals surface area contributed by atoms with Crippen LogP contribution in [0.25, 0.3) is 6.08 Å². The largest absolute Gasteiger partial charge is 0.398 e. The van der Waals surface area contributed by atoms with E-state index in [1.165, 1.54) is 0 Å². The Morgan fingerprint density at radius 1 is 1.44 bits per heavy atom. The molecule has 1 aromatic rings. The molecule has 0 saturated heterocycles. The Labute approximate surface area is 56.3 Å². The molecule has 0 atom stereocenters. The van der Waals surface area contributed by atoms with Gasteiger partial charge in [-0.05, 0) is 11.6 Å². The quantitative estimate of drug-likeness (QED) is 0.566. The molecular weight excluding hydrogens is 110 g/mol. The van der Waals surface area contributed by atoms with E-state index in [1.54, 1.807) is 6.08 Å². The van der Waals surface area contributed by atoms with E-state index in [0.717, 1.165) is 11.3 Å². The van der Waals surface area contributed by atoms with Crippen molar-refractivity contribution in [2.75, 3.05) is 5.73 Å². The molecular formula is C8H11N. The van der Waals surface area contributed by atoms with Crippen LogP contribution in [0.15, 0.2) is 30.8 Å². The average molecular weight is 121 g/mol. The van der Waals surface area contributed by atoms with Crippen molar-refractivity contribution >= 4 is 11.8 Å². The molecule has 0 amide bonds. The molecule has 2 N–H and O–H groups in total. The molecule has 1 nitrogen and oxygen atoms in total. The summed E-state index contributed by atoms with van der Waals surface area (Å²) in [6, 6.07) is 7.63. The molecule has 48 valence electrons. The van der Waals surface area contributed by atoms with Crippen molar-refractivity contribution in [2.24, 2.45) is 0 Å². The zero-order valence-electron chi connectivity index (χ0n) is 5.17. The number of rotatable bonds is 1. The van der Waals surface area contributed by atoms with E-state index >= 15 is 0 Å². The number of hydrogen-bond donors (Lipinski definition) is 1. The molecule has 0 fully saturated rings. The second kappa shape index (κ2) is 2.35. The lowest BCUT2D eigenvalue weighted by Crippen LogP contribution is -1.86. The van der Waals surface area contributed by atoms with Gasteiger partial charge < -0.3 is 5.73 Å². The van der Waals surface area contributed by atoms with E-state index in [2.05, 4.69) is 6.58 Å². The maximum absolute atomic E-state index is 5.56. The highest BCUT2D eigenvalue weighted by atomic mass is 14.5. The van der Waals surface area contributed by atoms with Gasteiger partial charge in [0.15, 0.2) is 0 Å². The fourth-order valence-corrected chi connectivity index (χ4v) is 0.697. The molecule has 0 radical (unpaired) electrons. The van der Waals surface area contributed by atoms with Gasteiger partial charge in [-0.1, -0.05) is 30.9 Å². The summed E-state index contributed by atoms with van der Waals surface area (Å²) >= 11 is 0. The number of hydrogen-bond acceptors (Lipinski definition) is 1. The topological polar surface area (TPSA) is 26.0 Å². The monoisotopic (exact) mass is 121 g/mol. The second-order valence-corrected chi connectivity index (χ2v) is 1.83. The van der Waals surface area contributed by atoms with Crippen LogP contribution in [0.3, 0.4) is 0 Å². The third-order valence-corrected chi connectivity index (χ3v) is 1.22. The minimum atomic E-state index is 0. The Morgan fingerprint density at radius 2 is 2.11 bits per heavy atom. The number of para-hydroxylation sites is 1. The Morgan fingerprint density at radius 3 is 2.56 bits per heavy atom. The lowest BCUT2D eigenvalue weighted by molar-refractivity contribution is 1.64. The van der Waals surface area contributed by atoms with Crippen molar-refractivity contribution in [1.29, 1.82) is 0 Å². The molecule has 1 heteroatoms. The van der Waals surface area contributed by atoms with Gasteiger partial charge in [-0.25, -0.2) is 0 Å². The predicted octanol–water partition coefficient (Wildman–Crippen LogP) is 2.16. The molecule has 0 spiro atoms. The number of nitrogen functional groups attached to an aromatic ring is 1. The molecule has 0 bridgehead atoms. The van der Waals surface area contributed by atoms with Gasteiger partial charge in [0.25, 0.3) is 0 Å². The average Bonchev–Trinajstić information content (AvgIpc) is 1.89. The van der Waals surface area contributed by atoms with Crippen LogP contribution in [0.1, 0.15) is 6.99 Å². The van der Waals surface area contributed by atoms with Crippen molar-refractivity contribution in [3.05, 3.63) is 36.4 Å². The van der Waals surface area contributed by atoms with Crippen LogP contribution in [0.4, 0.5) is 5.69 Å². The summed E-state index contributed by atoms with van der Waals surface area (Å²) in [6.07, 6.45) is 1.75. The molecule has 0 unspecified atom stereocenters. The summed E-state index contributed by atoms with van der Waals surface area (Å²) < 4.78 is 0. The van der Waals surface area contributed by atoms with E-state index < -0.39 is 0 Å². The summed E-state index contributed by atoms with van der Waals surface area (Å²) in [5, 5.41) is 0. The van der Waals surface area contributed by atoms with Gasteiger partial charge in [-0.2, -0.15) is 0 Å². The highest BCUT2D eigenvalue weighted by Crippen LogP contribution is 2.10. The van der Waals surface area contributed by atoms with E-state index in [4.69, 9.17) is 5.73 Å². The van der Waals surface area contributed by atoms with Crippen molar-refractivity contribution in [3.63, 3.8) is 0 Å². The summed E-state index contributed by atoms with van der Waals surface area (Å²) in [7, 11) is 0. The summed E-state index contributed by atoms with van der Waals surface area (Å²) in [4.78, 5) is 0. The SMILES string of the molecule is C=Cc1ccccc1N.[HH]. The van der Waals surface area contributed by atoms with Gasteiger partial charge in [-0.15, -0.1) is 0 Å². The number of anilines is 1. The van der Waals surface area contributed by atoms with Crippen LogP contribution in [0, 0.1) is 0 Å². The molecule has 1 rings (SSSR count). The molecule has 0 aromatic heterocycles. The van der Waals surface area contributed by atoms with Crippen LogP contribution in [0.2, 0.25) is 0 Å². The van der Waals surface area contributed by atoms with Gasteiger partial charge in [0.2, 0.25) is 0 Å². The van der Waals surface area contributed by atoms with Crippen molar-refractivity contribution < 1.29 is 1.43 Å². The predicted molar refractivity (Wildman–Crippen MR) is 43.1 cm³/mol. The minimum absolute atomic E-state index is 0. The van der Waals surface area contributed by atoms with E-state index in [1.807, 2.05) is 24.3 Å². The molecule has 0 aliphatic heterocycles. The maximum atomic E-state index is 5.56. The first-order valence-electron chi connectivity index (χ1n) is 2.81. The second-order valence-electron chi connectivity index (χ2n) is 1.83. The Balaban J connectivity index is 0.000000810. The van der Waals surface area contributed by atoms with Gasteiger partial charge in [0, 0.05) is 7.11 Å². The molecule has 0 aliphatic rings. The van der Waals surface area contributed by atoms with Gasteiger partial charge in [-0.3, -0.25) is 0 Å². The van der Waals surface area contributed by atoms with Crippen molar-refractivity contribution in [3.8, 4) is 0 Å². The number of benzene rings is 1. The number of nitrogens with two attached hydrogens (primary N) is 1. The third kappa shape index (κ3) is 1.11. The highest BCUT2D eigenvalue weighted by molar-refractivity contribution is 5.62. The lowest BCUT2D eigenvalue weighted by atomic mass is 10.2. The minimum Gasteiger partial charge on any atom is -0.398 e. The molecule has 0 heterocycles. The van der Waals surface area contributed by atoms with Gasteiger partial charge >= 0.3 is 0 Å². The van der Waals surface area contributed by atoms with E-state index in [-0.39, 0.29) is 1.43 Å². The van der Waals surface area contributed by atoms with E-state index in [9.17, 15) is 0 Å². The van der Waals surface area contributed by atoms with Gasteiger partial charge in [0.05, 0.1) is 0 Å². The molecule has 1 aromatic carbocycles. The lowest BCUT2D eigenvalue weighted by Gasteiger charge is -1.95. The summed E-state index contributed by atoms with van der Waals surface area (Å²) in [5.74, 6) is 0. The first-order chi connectivity index (χ1) is 4.34. The standard InChI is InChI=1S/C8H9N.H2/c1-2-7-5-3-4-6-8(7)9;/h2-6H,1,9H2;1H. The normalized spacial score (nSPS) is 8.89. The Bertz CT molecular complexity index is 220. The maximum Gasteiger partial charge on any atom is 0.0387 e. The van der Waals surface area contributed by atoms with Crippen LogP contribution in [-0.2, 0) is 0 Å². The molecule has 9 heavy (non-hydrogen) atoms. The zero-order chi connectivity index (χ0) is 6.69. The van der Waals surface area contributed by atoms with Crippen LogP contribution < -0.4 is 5.73 Å². The Hall–Kier alpha value is -1.24. The fourth-order valence-electron chi connectivity index (χ4n) is 0.697. The highest BCUT2D eigenvalue weighted by Gasteiger charge is 1.87. The zero-order valence-corrected chi connectivity index (χ0v) is 5.17. The van der Waals surface area contributed by atoms with Crippen LogP contribution in [0.5, 0.6) is 0 Å². The van der Waals surface area contributed by atoms with Crippen molar-refractivity contribution in [1.82, 2.24) is 0 Å². The van der Waals surface area contributed by atoms with E-state index in [0.29, 0.717) is 0 Å². The Kier molecular flexibility index (Phi) is 1.54. The summed E-state index contributed by atoms with van der Waals surface area (Å²) in [5.41, 5.74) is 7.34. The van der Waals surface area contributed by atoms with Crippen LogP contribution in [-0.4, -0.2) is 0 Å². The first kappa shape index (κ1) is 5.89. The molecule has 0 saturated carbocycles. The van der Waals surface area contributed by atoms with Gasteiger partial charge in [0.1, 0.15) is 0 Å². The molecule has 0 aliphatic carbocycles. The fraction of sp³-hybridized carbons (Fsp3) is 0. The smallest absolute Gasteiger partial charge is 0.0387 e. The van der Waals surface area contributed by atoms with Crippen LogP contribution >= 0.6 is 0 Å².